The number of anilines is 1. The minimum Gasteiger partial charge on any atom is -0.472 e. The molecule has 3 aliphatic rings. The van der Waals surface area contributed by atoms with Gasteiger partial charge in [-0.15, -0.1) is 0 Å². The molecule has 206 valence electrons. The number of carbonyl (C=O) groups is 2. The molecule has 2 amide bonds. The number of hydrogen-bond acceptors (Lipinski definition) is 8. The lowest BCUT2D eigenvalue weighted by Gasteiger charge is -2.27. The maximum Gasteiger partial charge on any atom is 0.296 e. The first-order chi connectivity index (χ1) is 18.9. The highest BCUT2D eigenvalue weighted by Crippen LogP contribution is 2.30. The first-order valence-electron chi connectivity index (χ1n) is 13.0. The van der Waals surface area contributed by atoms with Gasteiger partial charge in [0.1, 0.15) is 11.9 Å². The van der Waals surface area contributed by atoms with Gasteiger partial charge in [0.05, 0.1) is 36.7 Å². The summed E-state index contributed by atoms with van der Waals surface area (Å²) in [6, 6.07) is 8.45. The zero-order valence-electron chi connectivity index (χ0n) is 21.5. The normalized spacial score (nSPS) is 21.9. The summed E-state index contributed by atoms with van der Waals surface area (Å²) in [4.78, 5) is 43.5. The summed E-state index contributed by atoms with van der Waals surface area (Å²) in [6.45, 7) is 3.38. The van der Waals surface area contributed by atoms with Crippen molar-refractivity contribution in [2.45, 2.75) is 25.4 Å². The summed E-state index contributed by atoms with van der Waals surface area (Å²) >= 11 is 0. The Hall–Kier alpha value is -3.87. The summed E-state index contributed by atoms with van der Waals surface area (Å²) in [5, 5.41) is 0. The van der Waals surface area contributed by atoms with Gasteiger partial charge in [0.25, 0.3) is 6.43 Å². The van der Waals surface area contributed by atoms with Gasteiger partial charge in [-0.2, -0.15) is 9.97 Å². The van der Waals surface area contributed by atoms with Gasteiger partial charge in [-0.1, -0.05) is 12.1 Å². The fraction of sp³-hybridized carbons (Fsp3) is 0.500. The van der Waals surface area contributed by atoms with E-state index in [2.05, 4.69) is 15.0 Å². The molecule has 11 nitrogen and oxygen atoms in total. The predicted molar refractivity (Wildman–Crippen MR) is 136 cm³/mol. The summed E-state index contributed by atoms with van der Waals surface area (Å²) in [6.07, 6.45) is -2.34. The highest BCUT2D eigenvalue weighted by molar-refractivity contribution is 5.89. The Morgan fingerprint density at radius 3 is 2.64 bits per heavy atom. The molecule has 2 atom stereocenters. The maximum absolute atomic E-state index is 14.1. The van der Waals surface area contributed by atoms with Crippen LogP contribution in [0.2, 0.25) is 0 Å². The van der Waals surface area contributed by atoms with Crippen LogP contribution in [0.5, 0.6) is 5.88 Å². The third kappa shape index (κ3) is 4.98. The molecule has 1 aromatic carbocycles. The van der Waals surface area contributed by atoms with E-state index in [1.54, 1.807) is 47.2 Å². The van der Waals surface area contributed by atoms with Crippen molar-refractivity contribution in [3.05, 3.63) is 36.2 Å². The molecule has 0 spiro atoms. The summed E-state index contributed by atoms with van der Waals surface area (Å²) in [5.74, 6) is -0.0346. The van der Waals surface area contributed by atoms with E-state index in [4.69, 9.17) is 9.47 Å². The molecule has 3 aliphatic heterocycles. The van der Waals surface area contributed by atoms with Crippen molar-refractivity contribution in [1.29, 1.82) is 0 Å². The van der Waals surface area contributed by atoms with Crippen LogP contribution in [-0.4, -0.2) is 100 Å². The molecular weight excluding hydrogens is 512 g/mol. The number of aromatic nitrogens is 4. The van der Waals surface area contributed by atoms with E-state index < -0.39 is 12.2 Å². The highest BCUT2D eigenvalue weighted by Gasteiger charge is 2.38. The van der Waals surface area contributed by atoms with E-state index in [1.165, 1.54) is 4.57 Å². The van der Waals surface area contributed by atoms with E-state index in [1.807, 2.05) is 4.90 Å². The largest absolute Gasteiger partial charge is 0.472 e. The maximum atomic E-state index is 14.1. The monoisotopic (exact) mass is 541 g/mol. The molecule has 0 N–H and O–H groups in total. The number of para-hydroxylation sites is 2. The van der Waals surface area contributed by atoms with Crippen LogP contribution in [-0.2, 0) is 14.3 Å². The van der Waals surface area contributed by atoms with Gasteiger partial charge in [0, 0.05) is 52.1 Å². The van der Waals surface area contributed by atoms with Crippen LogP contribution < -0.4 is 9.64 Å². The number of fused-ring (bicyclic) bond motifs is 1. The van der Waals surface area contributed by atoms with E-state index in [9.17, 15) is 18.4 Å². The lowest BCUT2D eigenvalue weighted by atomic mass is 10.1. The Bertz CT molecular complexity index is 1390. The van der Waals surface area contributed by atoms with Gasteiger partial charge in [-0.05, 0) is 12.1 Å². The molecule has 3 fully saturated rings. The van der Waals surface area contributed by atoms with Gasteiger partial charge >= 0.3 is 0 Å². The number of morpholine rings is 1. The van der Waals surface area contributed by atoms with Gasteiger partial charge in [-0.3, -0.25) is 14.2 Å². The topological polar surface area (TPSA) is 106 Å². The number of carbonyl (C=O) groups excluding carboxylic acids is 2. The molecule has 1 unspecified atom stereocenters. The average Bonchev–Trinajstić information content (AvgIpc) is 3.66. The number of rotatable bonds is 6. The van der Waals surface area contributed by atoms with Crippen LogP contribution in [0.15, 0.2) is 30.3 Å². The van der Waals surface area contributed by atoms with E-state index >= 15 is 0 Å². The van der Waals surface area contributed by atoms with Gasteiger partial charge < -0.3 is 24.2 Å². The molecule has 5 heterocycles. The third-order valence-corrected chi connectivity index (χ3v) is 7.42. The van der Waals surface area contributed by atoms with Crippen LogP contribution in [0.1, 0.15) is 25.1 Å². The number of nitrogens with zero attached hydrogens (tertiary/aromatic N) is 7. The summed E-state index contributed by atoms with van der Waals surface area (Å²) in [5.41, 5.74) is 0.932. The Morgan fingerprint density at radius 1 is 1.10 bits per heavy atom. The molecule has 0 saturated carbocycles. The molecule has 0 bridgehead atoms. The number of ether oxygens (including phenoxy) is 2. The van der Waals surface area contributed by atoms with Crippen LogP contribution in [0.25, 0.3) is 16.9 Å². The minimum atomic E-state index is -2.82. The number of hydrogen-bond donors (Lipinski definition) is 0. The Kier molecular flexibility index (Phi) is 6.75. The van der Waals surface area contributed by atoms with Crippen molar-refractivity contribution in [2.75, 3.05) is 57.9 Å². The SMILES string of the molecule is CN1CC(C(=O)N2CC[C@H](Oc3cc(-n4c(C(F)F)nc5ccccc54)nc(N4CCOCC4)n3)C2)CC1=O. The van der Waals surface area contributed by atoms with Crippen LogP contribution in [0, 0.1) is 5.92 Å². The molecule has 0 radical (unpaired) electrons. The molecule has 0 aliphatic carbocycles. The first kappa shape index (κ1) is 25.4. The third-order valence-electron chi connectivity index (χ3n) is 7.42. The number of amides is 2. The lowest BCUT2D eigenvalue weighted by molar-refractivity contribution is -0.135. The first-order valence-corrected chi connectivity index (χ1v) is 13.0. The van der Waals surface area contributed by atoms with Crippen LogP contribution in [0.4, 0.5) is 14.7 Å². The van der Waals surface area contributed by atoms with Crippen LogP contribution in [0.3, 0.4) is 0 Å². The molecule has 13 heteroatoms. The zero-order chi connectivity index (χ0) is 27.1. The quantitative estimate of drug-likeness (QED) is 0.467. The second kappa shape index (κ2) is 10.4. The summed E-state index contributed by atoms with van der Waals surface area (Å²) in [7, 11) is 1.70. The Balaban J connectivity index is 1.30. The highest BCUT2D eigenvalue weighted by atomic mass is 19.3. The van der Waals surface area contributed by atoms with Crippen molar-refractivity contribution in [2.24, 2.45) is 5.92 Å². The van der Waals surface area contributed by atoms with Gasteiger partial charge in [-0.25, -0.2) is 13.8 Å². The second-order valence-electron chi connectivity index (χ2n) is 10.0. The van der Waals surface area contributed by atoms with Crippen molar-refractivity contribution < 1.29 is 27.8 Å². The standard InChI is InChI=1S/C26H29F2N7O4/c1-32-14-16(12-22(32)36)25(37)34-7-6-17(15-34)39-21-13-20(30-26(31-21)33-8-10-38-11-9-33)35-19-5-3-2-4-18(19)29-24(35)23(27)28/h2-5,13,16-17,23H,6-12,14-15H2,1H3/t16?,17-/m0/s1. The van der Waals surface area contributed by atoms with Crippen LogP contribution >= 0.6 is 0 Å². The number of likely N-dealkylation sites (tertiary alicyclic amines) is 2. The smallest absolute Gasteiger partial charge is 0.296 e. The lowest BCUT2D eigenvalue weighted by Crippen LogP contribution is -2.38. The van der Waals surface area contributed by atoms with E-state index in [-0.39, 0.29) is 42.0 Å². The number of benzene rings is 1. The van der Waals surface area contributed by atoms with Crippen molar-refractivity contribution >= 4 is 28.8 Å². The number of halogens is 2. The Morgan fingerprint density at radius 2 is 1.90 bits per heavy atom. The Labute approximate surface area is 223 Å². The predicted octanol–water partition coefficient (Wildman–Crippen LogP) is 2.05. The molecule has 3 saturated heterocycles. The van der Waals surface area contributed by atoms with E-state index in [0.717, 1.165) is 0 Å². The molecule has 39 heavy (non-hydrogen) atoms. The fourth-order valence-corrected chi connectivity index (χ4v) is 5.39. The molecule has 3 aromatic rings. The summed E-state index contributed by atoms with van der Waals surface area (Å²) < 4.78 is 41.2. The van der Waals surface area contributed by atoms with E-state index in [0.29, 0.717) is 69.3 Å². The zero-order valence-corrected chi connectivity index (χ0v) is 21.5. The van der Waals surface area contributed by atoms with Crippen molar-refractivity contribution in [1.82, 2.24) is 29.3 Å². The molecule has 6 rings (SSSR count). The van der Waals surface area contributed by atoms with Crippen molar-refractivity contribution in [3.63, 3.8) is 0 Å². The number of alkyl halides is 2. The fourth-order valence-electron chi connectivity index (χ4n) is 5.39. The average molecular weight is 542 g/mol. The minimum absolute atomic E-state index is 0.0281. The number of imidazole rings is 1. The second-order valence-corrected chi connectivity index (χ2v) is 10.0. The molecule has 2 aromatic heterocycles. The van der Waals surface area contributed by atoms with Gasteiger partial charge in [0.2, 0.25) is 23.6 Å². The van der Waals surface area contributed by atoms with Crippen molar-refractivity contribution in [3.8, 4) is 11.7 Å². The van der Waals surface area contributed by atoms with Gasteiger partial charge in [0.15, 0.2) is 5.82 Å². The molecular formula is C26H29F2N7O4.